The van der Waals surface area contributed by atoms with Crippen LogP contribution in [0.5, 0.6) is 0 Å². The molecule has 1 aromatic rings. The van der Waals surface area contributed by atoms with Crippen molar-refractivity contribution in [1.29, 1.82) is 0 Å². The fraction of sp³-hybridized carbons (Fsp3) is 0.667. The average Bonchev–Trinajstić information content (AvgIpc) is 2.73. The second kappa shape index (κ2) is 10.1. The number of hydrogen-bond donors (Lipinski definition) is 1. The van der Waals surface area contributed by atoms with Gasteiger partial charge in [-0.05, 0) is 48.8 Å². The molecule has 1 saturated heterocycles. The number of nitrogens with one attached hydrogen (secondary N) is 1. The lowest BCUT2D eigenvalue weighted by Gasteiger charge is -2.32. The number of carbonyl (C=O) groups excluding carboxylic acids is 2. The Morgan fingerprint density at radius 3 is 2.25 bits per heavy atom. The van der Waals surface area contributed by atoms with Gasteiger partial charge in [0.05, 0.1) is 0 Å². The van der Waals surface area contributed by atoms with Gasteiger partial charge < -0.3 is 10.2 Å². The third kappa shape index (κ3) is 5.83. The smallest absolute Gasteiger partial charge is 0.253 e. The number of benzene rings is 1. The number of piperidine rings is 1. The van der Waals surface area contributed by atoms with E-state index in [1.165, 1.54) is 37.7 Å². The van der Waals surface area contributed by atoms with Crippen molar-refractivity contribution in [3.8, 4) is 0 Å². The van der Waals surface area contributed by atoms with Crippen molar-refractivity contribution < 1.29 is 9.59 Å². The van der Waals surface area contributed by atoms with Crippen LogP contribution in [-0.4, -0.2) is 35.8 Å². The number of nitrogens with zero attached hydrogens (tertiary/aromatic N) is 1. The standard InChI is InChI=1S/C24H36N2O2/c1-18(2)20-9-11-21(12-10-20)24(28)26-16-14-22(15-17-26)25-23(27)13-8-19-6-4-3-5-7-19/h9-12,18-19,22H,3-8,13-17H2,1-2H3,(H,25,27). The first-order valence-corrected chi connectivity index (χ1v) is 11.2. The van der Waals surface area contributed by atoms with Gasteiger partial charge in [0.25, 0.3) is 5.91 Å². The minimum Gasteiger partial charge on any atom is -0.353 e. The third-order valence-electron chi connectivity index (χ3n) is 6.48. The zero-order valence-electron chi connectivity index (χ0n) is 17.6. The Morgan fingerprint density at radius 2 is 1.64 bits per heavy atom. The summed E-state index contributed by atoms with van der Waals surface area (Å²) in [6.07, 6.45) is 10.0. The van der Waals surface area contributed by atoms with Crippen LogP contribution in [0.15, 0.2) is 24.3 Å². The molecule has 1 aliphatic carbocycles. The highest BCUT2D eigenvalue weighted by molar-refractivity contribution is 5.94. The van der Waals surface area contributed by atoms with Gasteiger partial charge in [-0.3, -0.25) is 9.59 Å². The average molecular weight is 385 g/mol. The molecule has 0 atom stereocenters. The van der Waals surface area contributed by atoms with Crippen LogP contribution in [0, 0.1) is 5.92 Å². The maximum atomic E-state index is 12.7. The largest absolute Gasteiger partial charge is 0.353 e. The molecule has 0 spiro atoms. The highest BCUT2D eigenvalue weighted by Crippen LogP contribution is 2.27. The zero-order valence-corrected chi connectivity index (χ0v) is 17.6. The number of hydrogen-bond acceptors (Lipinski definition) is 2. The normalized spacial score (nSPS) is 19.0. The molecule has 4 nitrogen and oxygen atoms in total. The van der Waals surface area contributed by atoms with Crippen LogP contribution in [0.1, 0.15) is 93.5 Å². The molecule has 1 heterocycles. The van der Waals surface area contributed by atoms with Gasteiger partial charge in [-0.25, -0.2) is 0 Å². The van der Waals surface area contributed by atoms with Crippen LogP contribution in [0.3, 0.4) is 0 Å². The van der Waals surface area contributed by atoms with E-state index in [1.54, 1.807) is 0 Å². The molecular formula is C24H36N2O2. The van der Waals surface area contributed by atoms with E-state index in [1.807, 2.05) is 17.0 Å². The number of amides is 2. The molecular weight excluding hydrogens is 348 g/mol. The highest BCUT2D eigenvalue weighted by Gasteiger charge is 2.25. The Balaban J connectivity index is 1.39. The van der Waals surface area contributed by atoms with Crippen LogP contribution in [0.25, 0.3) is 0 Å². The number of likely N-dealkylation sites (tertiary alicyclic amines) is 1. The molecule has 28 heavy (non-hydrogen) atoms. The molecule has 2 amide bonds. The first-order valence-electron chi connectivity index (χ1n) is 11.2. The predicted molar refractivity (Wildman–Crippen MR) is 113 cm³/mol. The molecule has 2 aliphatic rings. The Morgan fingerprint density at radius 1 is 1.00 bits per heavy atom. The van der Waals surface area contributed by atoms with Gasteiger partial charge in [0.15, 0.2) is 0 Å². The molecule has 2 fully saturated rings. The lowest BCUT2D eigenvalue weighted by atomic mass is 9.86. The van der Waals surface area contributed by atoms with Crippen LogP contribution in [0.4, 0.5) is 0 Å². The lowest BCUT2D eigenvalue weighted by Crippen LogP contribution is -2.46. The van der Waals surface area contributed by atoms with Crippen molar-refractivity contribution in [2.24, 2.45) is 5.92 Å². The minimum atomic E-state index is 0.109. The molecule has 3 rings (SSSR count). The predicted octanol–water partition coefficient (Wildman–Crippen LogP) is 4.89. The summed E-state index contributed by atoms with van der Waals surface area (Å²) in [7, 11) is 0. The highest BCUT2D eigenvalue weighted by atomic mass is 16.2. The van der Waals surface area contributed by atoms with Crippen molar-refractivity contribution >= 4 is 11.8 Å². The summed E-state index contributed by atoms with van der Waals surface area (Å²) in [5.41, 5.74) is 2.02. The Labute approximate surface area is 170 Å². The van der Waals surface area contributed by atoms with E-state index in [-0.39, 0.29) is 17.9 Å². The van der Waals surface area contributed by atoms with Gasteiger partial charge in [0.2, 0.25) is 5.91 Å². The van der Waals surface area contributed by atoms with Crippen molar-refractivity contribution in [2.45, 2.75) is 83.6 Å². The van der Waals surface area contributed by atoms with E-state index >= 15 is 0 Å². The molecule has 1 N–H and O–H groups in total. The maximum Gasteiger partial charge on any atom is 0.253 e. The number of carbonyl (C=O) groups is 2. The quantitative estimate of drug-likeness (QED) is 0.759. The lowest BCUT2D eigenvalue weighted by molar-refractivity contribution is -0.122. The van der Waals surface area contributed by atoms with Crippen LogP contribution in [-0.2, 0) is 4.79 Å². The van der Waals surface area contributed by atoms with E-state index in [0.29, 0.717) is 12.3 Å². The van der Waals surface area contributed by atoms with E-state index in [0.717, 1.165) is 43.8 Å². The van der Waals surface area contributed by atoms with E-state index in [2.05, 4.69) is 31.3 Å². The summed E-state index contributed by atoms with van der Waals surface area (Å²) in [6, 6.07) is 8.20. The molecule has 1 aliphatic heterocycles. The van der Waals surface area contributed by atoms with Gasteiger partial charge in [-0.2, -0.15) is 0 Å². The second-order valence-corrected chi connectivity index (χ2v) is 8.95. The summed E-state index contributed by atoms with van der Waals surface area (Å²) in [6.45, 7) is 5.76. The maximum absolute atomic E-state index is 12.7. The SMILES string of the molecule is CC(C)c1ccc(C(=O)N2CCC(NC(=O)CCC3CCCCC3)CC2)cc1. The fourth-order valence-electron chi connectivity index (χ4n) is 4.53. The first kappa shape index (κ1) is 20.9. The van der Waals surface area contributed by atoms with Gasteiger partial charge in [-0.15, -0.1) is 0 Å². The summed E-state index contributed by atoms with van der Waals surface area (Å²) < 4.78 is 0. The number of rotatable bonds is 6. The molecule has 0 radical (unpaired) electrons. The topological polar surface area (TPSA) is 49.4 Å². The van der Waals surface area contributed by atoms with Crippen LogP contribution >= 0.6 is 0 Å². The summed E-state index contributed by atoms with van der Waals surface area (Å²) in [5.74, 6) is 1.53. The van der Waals surface area contributed by atoms with Crippen LogP contribution in [0.2, 0.25) is 0 Å². The van der Waals surface area contributed by atoms with E-state index in [4.69, 9.17) is 0 Å². The zero-order chi connectivity index (χ0) is 19.9. The van der Waals surface area contributed by atoms with Crippen LogP contribution < -0.4 is 5.32 Å². The van der Waals surface area contributed by atoms with Gasteiger partial charge >= 0.3 is 0 Å². The third-order valence-corrected chi connectivity index (χ3v) is 6.48. The monoisotopic (exact) mass is 384 g/mol. The second-order valence-electron chi connectivity index (χ2n) is 8.95. The molecule has 0 unspecified atom stereocenters. The molecule has 1 saturated carbocycles. The fourth-order valence-corrected chi connectivity index (χ4v) is 4.53. The Kier molecular flexibility index (Phi) is 7.52. The van der Waals surface area contributed by atoms with Crippen molar-refractivity contribution in [2.75, 3.05) is 13.1 Å². The molecule has 1 aromatic carbocycles. The van der Waals surface area contributed by atoms with Crippen molar-refractivity contribution in [3.63, 3.8) is 0 Å². The molecule has 154 valence electrons. The molecule has 0 aromatic heterocycles. The molecule has 0 bridgehead atoms. The van der Waals surface area contributed by atoms with Gasteiger partial charge in [0.1, 0.15) is 0 Å². The van der Waals surface area contributed by atoms with Crippen molar-refractivity contribution in [1.82, 2.24) is 10.2 Å². The van der Waals surface area contributed by atoms with Gasteiger partial charge in [-0.1, -0.05) is 58.1 Å². The van der Waals surface area contributed by atoms with Crippen molar-refractivity contribution in [3.05, 3.63) is 35.4 Å². The van der Waals surface area contributed by atoms with E-state index < -0.39 is 0 Å². The first-order chi connectivity index (χ1) is 13.5. The Hall–Kier alpha value is -1.84. The summed E-state index contributed by atoms with van der Waals surface area (Å²) >= 11 is 0. The minimum absolute atomic E-state index is 0.109. The van der Waals surface area contributed by atoms with Gasteiger partial charge in [0, 0.05) is 31.1 Å². The molecule has 4 heteroatoms. The summed E-state index contributed by atoms with van der Waals surface area (Å²) in [5, 5.41) is 3.20. The summed E-state index contributed by atoms with van der Waals surface area (Å²) in [4.78, 5) is 26.9. The Bertz CT molecular complexity index is 639. The van der Waals surface area contributed by atoms with E-state index in [9.17, 15) is 9.59 Å².